The van der Waals surface area contributed by atoms with Gasteiger partial charge < -0.3 is 10.1 Å². The van der Waals surface area contributed by atoms with Crippen molar-refractivity contribution in [3.05, 3.63) is 77.6 Å². The molecule has 0 bridgehead atoms. The van der Waals surface area contributed by atoms with E-state index in [0.717, 1.165) is 11.1 Å². The van der Waals surface area contributed by atoms with Gasteiger partial charge in [0.15, 0.2) is 0 Å². The lowest BCUT2D eigenvalue weighted by molar-refractivity contribution is -0.110. The van der Waals surface area contributed by atoms with Crippen LogP contribution in [0.5, 0.6) is 11.5 Å². The van der Waals surface area contributed by atoms with Gasteiger partial charge in [0.2, 0.25) is 10.0 Å². The van der Waals surface area contributed by atoms with E-state index in [9.17, 15) is 13.2 Å². The van der Waals surface area contributed by atoms with Crippen molar-refractivity contribution in [3.8, 4) is 11.5 Å². The molecule has 146 valence electrons. The summed E-state index contributed by atoms with van der Waals surface area (Å²) in [5.74, 6) is 0.995. The Bertz CT molecular complexity index is 1250. The number of fused-ring (bicyclic) bond motifs is 1. The van der Waals surface area contributed by atoms with E-state index in [4.69, 9.17) is 9.88 Å². The molecule has 0 spiro atoms. The second kappa shape index (κ2) is 7.16. The minimum atomic E-state index is -3.87. The van der Waals surface area contributed by atoms with Gasteiger partial charge >= 0.3 is 0 Å². The van der Waals surface area contributed by atoms with Gasteiger partial charge in [-0.1, -0.05) is 6.07 Å². The Hall–Kier alpha value is -3.49. The van der Waals surface area contributed by atoms with E-state index in [2.05, 4.69) is 10.3 Å². The maximum absolute atomic E-state index is 12.4. The summed E-state index contributed by atoms with van der Waals surface area (Å²) in [6, 6.07) is 13.4. The molecule has 1 aliphatic rings. The largest absolute Gasteiger partial charge is 0.455 e. The maximum Gasteiger partial charge on any atom is 0.256 e. The van der Waals surface area contributed by atoms with Crippen LogP contribution in [0.2, 0.25) is 0 Å². The molecule has 0 saturated carbocycles. The first-order valence-electron chi connectivity index (χ1n) is 8.70. The van der Waals surface area contributed by atoms with Gasteiger partial charge in [-0.3, -0.25) is 9.78 Å². The number of aryl methyl sites for hydroxylation is 1. The Kier molecular flexibility index (Phi) is 4.65. The fourth-order valence-corrected chi connectivity index (χ4v) is 3.61. The first kappa shape index (κ1) is 18.9. The summed E-state index contributed by atoms with van der Waals surface area (Å²) in [4.78, 5) is 16.4. The molecule has 7 nitrogen and oxygen atoms in total. The molecular formula is C21H17N3O4S. The fraction of sp³-hybridized carbons (Fsp3) is 0.0476. The van der Waals surface area contributed by atoms with Crippen molar-refractivity contribution in [2.24, 2.45) is 5.14 Å². The van der Waals surface area contributed by atoms with Gasteiger partial charge in [0.25, 0.3) is 5.91 Å². The Morgan fingerprint density at radius 3 is 2.66 bits per heavy atom. The van der Waals surface area contributed by atoms with Gasteiger partial charge in [-0.15, -0.1) is 0 Å². The van der Waals surface area contributed by atoms with Crippen LogP contribution in [-0.2, 0) is 14.8 Å². The summed E-state index contributed by atoms with van der Waals surface area (Å²) in [6.45, 7) is 1.90. The van der Waals surface area contributed by atoms with Crippen LogP contribution in [0, 0.1) is 6.92 Å². The molecule has 0 atom stereocenters. The number of carbonyl (C=O) groups is 1. The number of pyridine rings is 1. The van der Waals surface area contributed by atoms with Gasteiger partial charge in [0.1, 0.15) is 11.5 Å². The van der Waals surface area contributed by atoms with Crippen molar-refractivity contribution in [1.29, 1.82) is 0 Å². The number of hydrogen-bond acceptors (Lipinski definition) is 5. The van der Waals surface area contributed by atoms with E-state index >= 15 is 0 Å². The predicted molar refractivity (Wildman–Crippen MR) is 110 cm³/mol. The third kappa shape index (κ3) is 3.89. The van der Waals surface area contributed by atoms with Crippen LogP contribution in [-0.4, -0.2) is 19.3 Å². The van der Waals surface area contributed by atoms with Crippen LogP contribution in [0.4, 0.5) is 5.69 Å². The molecule has 3 aromatic rings. The number of amides is 1. The summed E-state index contributed by atoms with van der Waals surface area (Å²) in [5, 5.41) is 7.94. The van der Waals surface area contributed by atoms with E-state index in [1.807, 2.05) is 31.2 Å². The molecule has 1 aliphatic heterocycles. The van der Waals surface area contributed by atoms with E-state index in [-0.39, 0.29) is 10.8 Å². The minimum Gasteiger partial charge on any atom is -0.455 e. The average Bonchev–Trinajstić information content (AvgIpc) is 2.99. The van der Waals surface area contributed by atoms with E-state index in [0.29, 0.717) is 28.3 Å². The number of nitrogens with one attached hydrogen (secondary N) is 1. The van der Waals surface area contributed by atoms with Crippen LogP contribution in [0.3, 0.4) is 0 Å². The number of sulfonamides is 1. The lowest BCUT2D eigenvalue weighted by Gasteiger charge is -2.09. The van der Waals surface area contributed by atoms with Gasteiger partial charge in [-0.2, -0.15) is 0 Å². The lowest BCUT2D eigenvalue weighted by Crippen LogP contribution is -2.12. The summed E-state index contributed by atoms with van der Waals surface area (Å²) in [5.41, 5.74) is 3.06. The number of aromatic nitrogens is 1. The molecule has 0 aliphatic carbocycles. The first-order chi connectivity index (χ1) is 13.8. The highest BCUT2D eigenvalue weighted by atomic mass is 32.2. The number of nitrogens with zero attached hydrogens (tertiary/aromatic N) is 1. The molecule has 4 rings (SSSR count). The molecule has 1 amide bonds. The van der Waals surface area contributed by atoms with Gasteiger partial charge in [-0.25, -0.2) is 13.6 Å². The van der Waals surface area contributed by atoms with Crippen molar-refractivity contribution in [3.63, 3.8) is 0 Å². The van der Waals surface area contributed by atoms with Crippen molar-refractivity contribution < 1.29 is 17.9 Å². The highest BCUT2D eigenvalue weighted by Gasteiger charge is 2.25. The highest BCUT2D eigenvalue weighted by Crippen LogP contribution is 2.35. The number of primary sulfonamides is 1. The number of benzene rings is 2. The summed E-state index contributed by atoms with van der Waals surface area (Å²) in [6.07, 6.45) is 4.99. The number of ether oxygens (including phenoxy) is 1. The van der Waals surface area contributed by atoms with Crippen molar-refractivity contribution in [2.45, 2.75) is 11.8 Å². The Balaban J connectivity index is 1.68. The molecule has 8 heteroatoms. The van der Waals surface area contributed by atoms with Crippen molar-refractivity contribution in [1.82, 2.24) is 4.98 Å². The second-order valence-corrected chi connectivity index (χ2v) is 8.14. The number of rotatable bonds is 4. The van der Waals surface area contributed by atoms with Crippen molar-refractivity contribution >= 4 is 33.3 Å². The Morgan fingerprint density at radius 1 is 1.14 bits per heavy atom. The van der Waals surface area contributed by atoms with Gasteiger partial charge in [-0.05, 0) is 66.6 Å². The third-order valence-corrected chi connectivity index (χ3v) is 5.39. The van der Waals surface area contributed by atoms with E-state index in [1.54, 1.807) is 24.5 Å². The molecule has 0 saturated heterocycles. The van der Waals surface area contributed by atoms with Crippen LogP contribution in [0.25, 0.3) is 11.6 Å². The second-order valence-electron chi connectivity index (χ2n) is 6.58. The smallest absolute Gasteiger partial charge is 0.256 e. The van der Waals surface area contributed by atoms with Crippen LogP contribution < -0.4 is 15.2 Å². The highest BCUT2D eigenvalue weighted by molar-refractivity contribution is 7.89. The Labute approximate surface area is 167 Å². The normalized spacial score (nSPS) is 14.6. The van der Waals surface area contributed by atoms with Crippen molar-refractivity contribution in [2.75, 3.05) is 5.32 Å². The molecule has 0 fully saturated rings. The summed E-state index contributed by atoms with van der Waals surface area (Å²) >= 11 is 0. The molecule has 1 aromatic heterocycles. The fourth-order valence-electron chi connectivity index (χ4n) is 3.07. The predicted octanol–water partition coefficient (Wildman–Crippen LogP) is 3.32. The molecule has 0 radical (unpaired) electrons. The quantitative estimate of drug-likeness (QED) is 0.645. The third-order valence-electron chi connectivity index (χ3n) is 4.47. The zero-order valence-electron chi connectivity index (χ0n) is 15.4. The molecular weight excluding hydrogens is 390 g/mol. The zero-order valence-corrected chi connectivity index (χ0v) is 16.2. The van der Waals surface area contributed by atoms with Gasteiger partial charge in [0, 0.05) is 23.0 Å². The van der Waals surface area contributed by atoms with Gasteiger partial charge in [0.05, 0.1) is 11.1 Å². The number of hydrogen-bond donors (Lipinski definition) is 2. The topological polar surface area (TPSA) is 111 Å². The summed E-state index contributed by atoms with van der Waals surface area (Å²) in [7, 11) is -3.87. The summed E-state index contributed by atoms with van der Waals surface area (Å²) < 4.78 is 29.1. The first-order valence-corrected chi connectivity index (χ1v) is 10.2. The molecule has 2 heterocycles. The monoisotopic (exact) mass is 407 g/mol. The average molecular weight is 407 g/mol. The van der Waals surface area contributed by atoms with Crippen LogP contribution >= 0.6 is 0 Å². The lowest BCUT2D eigenvalue weighted by atomic mass is 10.0. The van der Waals surface area contributed by atoms with Crippen LogP contribution in [0.15, 0.2) is 65.8 Å². The minimum absolute atomic E-state index is 0.0463. The molecule has 2 aromatic carbocycles. The van der Waals surface area contributed by atoms with E-state index < -0.39 is 10.0 Å². The van der Waals surface area contributed by atoms with E-state index in [1.165, 1.54) is 18.2 Å². The zero-order chi connectivity index (χ0) is 20.6. The number of anilines is 1. The SMILES string of the molecule is Cc1cc(/C=C2/C(=O)Nc3ccc(S(N)(=O)=O)cc32)ccc1Oc1cccnc1. The Morgan fingerprint density at radius 2 is 1.97 bits per heavy atom. The standard InChI is InChI=1S/C21H17N3O4S/c1-13-9-14(4-7-20(13)28-15-3-2-8-23-12-15)10-18-17-11-16(29(22,26)27)5-6-19(17)24-21(18)25/h2-12H,1H3,(H,24,25)(H2,22,26,27)/b18-10+. The molecule has 29 heavy (non-hydrogen) atoms. The maximum atomic E-state index is 12.4. The number of nitrogens with two attached hydrogens (primary N) is 1. The molecule has 0 unspecified atom stereocenters. The van der Waals surface area contributed by atoms with Crippen LogP contribution in [0.1, 0.15) is 16.7 Å². The number of carbonyl (C=O) groups excluding carboxylic acids is 1. The molecule has 3 N–H and O–H groups in total.